The lowest BCUT2D eigenvalue weighted by atomic mass is 10.2. The van der Waals surface area contributed by atoms with Gasteiger partial charge in [-0.05, 0) is 48.9 Å². The third-order valence-electron chi connectivity index (χ3n) is 3.50. The molecule has 2 rings (SSSR count). The Morgan fingerprint density at radius 3 is 2.54 bits per heavy atom. The highest BCUT2D eigenvalue weighted by atomic mass is 79.9. The lowest BCUT2D eigenvalue weighted by molar-refractivity contribution is -0.115. The third kappa shape index (κ3) is 4.83. The number of rotatable bonds is 5. The first-order chi connectivity index (χ1) is 11.4. The van der Waals surface area contributed by atoms with Crippen molar-refractivity contribution < 1.29 is 9.59 Å². The Morgan fingerprint density at radius 2 is 1.88 bits per heavy atom. The molecule has 0 unspecified atom stereocenters. The van der Waals surface area contributed by atoms with E-state index in [9.17, 15) is 9.59 Å². The van der Waals surface area contributed by atoms with E-state index in [1.807, 2.05) is 56.3 Å². The molecule has 2 aromatic rings. The first-order valence-electron chi connectivity index (χ1n) is 7.48. The number of nitrogens with zero attached hydrogens (tertiary/aromatic N) is 1. The van der Waals surface area contributed by atoms with Crippen molar-refractivity contribution in [3.05, 3.63) is 58.1 Å². The number of halogens is 1. The third-order valence-corrected chi connectivity index (χ3v) is 3.99. The molecule has 2 amide bonds. The van der Waals surface area contributed by atoms with Crippen molar-refractivity contribution in [1.29, 1.82) is 0 Å². The van der Waals surface area contributed by atoms with Crippen LogP contribution >= 0.6 is 15.9 Å². The van der Waals surface area contributed by atoms with Crippen LogP contribution in [0.4, 0.5) is 11.4 Å². The van der Waals surface area contributed by atoms with Gasteiger partial charge in [0.15, 0.2) is 0 Å². The first kappa shape index (κ1) is 18.0. The van der Waals surface area contributed by atoms with Gasteiger partial charge in [-0.2, -0.15) is 0 Å². The van der Waals surface area contributed by atoms with Crippen LogP contribution in [0.15, 0.2) is 46.9 Å². The molecular weight excluding hydrogens is 370 g/mol. The summed E-state index contributed by atoms with van der Waals surface area (Å²) in [5.74, 6) is -0.543. The molecule has 0 radical (unpaired) electrons. The van der Waals surface area contributed by atoms with Gasteiger partial charge in [0.05, 0.1) is 6.54 Å². The molecule has 2 aromatic carbocycles. The minimum Gasteiger partial charge on any atom is -0.378 e. The summed E-state index contributed by atoms with van der Waals surface area (Å²) in [5, 5.41) is 5.43. The summed E-state index contributed by atoms with van der Waals surface area (Å²) in [7, 11) is 3.82. The van der Waals surface area contributed by atoms with Crippen LogP contribution in [0.25, 0.3) is 0 Å². The van der Waals surface area contributed by atoms with Crippen LogP contribution in [0.1, 0.15) is 15.9 Å². The number of hydrogen-bond acceptors (Lipinski definition) is 3. The van der Waals surface area contributed by atoms with Crippen molar-refractivity contribution in [2.45, 2.75) is 6.92 Å². The number of nitrogens with one attached hydrogen (secondary N) is 2. The normalized spacial score (nSPS) is 10.2. The molecule has 0 aromatic heterocycles. The van der Waals surface area contributed by atoms with Crippen molar-refractivity contribution in [2.24, 2.45) is 0 Å². The summed E-state index contributed by atoms with van der Waals surface area (Å²) in [6, 6.07) is 12.8. The smallest absolute Gasteiger partial charge is 0.251 e. The van der Waals surface area contributed by atoms with Gasteiger partial charge in [0.2, 0.25) is 5.91 Å². The van der Waals surface area contributed by atoms with Crippen LogP contribution in [0, 0.1) is 6.92 Å². The molecule has 0 aliphatic heterocycles. The maximum absolute atomic E-state index is 12.2. The van der Waals surface area contributed by atoms with Gasteiger partial charge >= 0.3 is 0 Å². The fourth-order valence-electron chi connectivity index (χ4n) is 2.15. The molecule has 0 atom stereocenters. The van der Waals surface area contributed by atoms with Crippen molar-refractivity contribution in [3.8, 4) is 0 Å². The summed E-state index contributed by atoms with van der Waals surface area (Å²) < 4.78 is 0.951. The van der Waals surface area contributed by atoms with Gasteiger partial charge in [0, 0.05) is 35.5 Å². The van der Waals surface area contributed by atoms with Crippen LogP contribution in [0.3, 0.4) is 0 Å². The van der Waals surface area contributed by atoms with Gasteiger partial charge in [0.25, 0.3) is 5.91 Å². The van der Waals surface area contributed by atoms with Crippen molar-refractivity contribution in [2.75, 3.05) is 30.9 Å². The van der Waals surface area contributed by atoms with Crippen LogP contribution in [0.5, 0.6) is 0 Å². The Labute approximate surface area is 150 Å². The van der Waals surface area contributed by atoms with E-state index in [1.54, 1.807) is 12.1 Å². The number of carbonyl (C=O) groups is 2. The molecule has 0 saturated carbocycles. The quantitative estimate of drug-likeness (QED) is 0.825. The Hall–Kier alpha value is -2.34. The van der Waals surface area contributed by atoms with Crippen LogP contribution in [-0.2, 0) is 4.79 Å². The van der Waals surface area contributed by atoms with E-state index in [0.29, 0.717) is 5.56 Å². The van der Waals surface area contributed by atoms with Crippen molar-refractivity contribution in [1.82, 2.24) is 5.32 Å². The Morgan fingerprint density at radius 1 is 1.12 bits per heavy atom. The lowest BCUT2D eigenvalue weighted by Gasteiger charge is -2.13. The molecule has 6 heteroatoms. The highest BCUT2D eigenvalue weighted by molar-refractivity contribution is 9.10. The largest absolute Gasteiger partial charge is 0.378 e. The van der Waals surface area contributed by atoms with E-state index in [-0.39, 0.29) is 18.4 Å². The van der Waals surface area contributed by atoms with E-state index in [1.165, 1.54) is 0 Å². The van der Waals surface area contributed by atoms with Crippen LogP contribution < -0.4 is 15.5 Å². The molecule has 0 bridgehead atoms. The number of hydrogen-bond donors (Lipinski definition) is 2. The second kappa shape index (κ2) is 7.97. The molecule has 0 heterocycles. The average molecular weight is 390 g/mol. The lowest BCUT2D eigenvalue weighted by Crippen LogP contribution is -2.33. The van der Waals surface area contributed by atoms with Gasteiger partial charge in [-0.15, -0.1) is 0 Å². The monoisotopic (exact) mass is 389 g/mol. The molecule has 0 spiro atoms. The van der Waals surface area contributed by atoms with Crippen LogP contribution in [0.2, 0.25) is 0 Å². The second-order valence-corrected chi connectivity index (χ2v) is 6.55. The van der Waals surface area contributed by atoms with Crippen molar-refractivity contribution in [3.63, 3.8) is 0 Å². The number of aryl methyl sites for hydroxylation is 1. The van der Waals surface area contributed by atoms with E-state index < -0.39 is 0 Å². The van der Waals surface area contributed by atoms with E-state index in [4.69, 9.17) is 0 Å². The summed E-state index contributed by atoms with van der Waals surface area (Å²) >= 11 is 3.38. The molecule has 5 nitrogen and oxygen atoms in total. The van der Waals surface area contributed by atoms with Gasteiger partial charge in [-0.25, -0.2) is 0 Å². The average Bonchev–Trinajstić information content (AvgIpc) is 2.55. The Bertz CT molecular complexity index is 760. The van der Waals surface area contributed by atoms with Gasteiger partial charge in [-0.3, -0.25) is 9.59 Å². The molecule has 2 N–H and O–H groups in total. The zero-order valence-electron chi connectivity index (χ0n) is 13.9. The minimum atomic E-state index is -0.277. The molecule has 0 saturated heterocycles. The number of benzene rings is 2. The summed E-state index contributed by atoms with van der Waals surface area (Å²) in [6.07, 6.45) is 0. The Balaban J connectivity index is 1.93. The summed E-state index contributed by atoms with van der Waals surface area (Å²) in [4.78, 5) is 26.1. The predicted molar refractivity (Wildman–Crippen MR) is 101 cm³/mol. The van der Waals surface area contributed by atoms with Crippen molar-refractivity contribution >= 4 is 39.1 Å². The number of amides is 2. The number of carbonyl (C=O) groups excluding carboxylic acids is 2. The maximum Gasteiger partial charge on any atom is 0.251 e. The second-order valence-electron chi connectivity index (χ2n) is 5.63. The molecular formula is C18H20BrN3O2. The fourth-order valence-corrected chi connectivity index (χ4v) is 2.63. The fraction of sp³-hybridized carbons (Fsp3) is 0.222. The predicted octanol–water partition coefficient (Wildman–Crippen LogP) is 3.19. The minimum absolute atomic E-state index is 0.0828. The molecule has 0 aliphatic rings. The van der Waals surface area contributed by atoms with E-state index >= 15 is 0 Å². The topological polar surface area (TPSA) is 61.4 Å². The van der Waals surface area contributed by atoms with E-state index in [2.05, 4.69) is 26.6 Å². The van der Waals surface area contributed by atoms with Gasteiger partial charge in [-0.1, -0.05) is 22.0 Å². The van der Waals surface area contributed by atoms with Gasteiger partial charge in [0.1, 0.15) is 0 Å². The molecule has 24 heavy (non-hydrogen) atoms. The highest BCUT2D eigenvalue weighted by Crippen LogP contribution is 2.19. The summed E-state index contributed by atoms with van der Waals surface area (Å²) in [5.41, 5.74) is 3.13. The standard InChI is InChI=1S/C18H20BrN3O2/c1-12-9-14(19)7-8-16(12)21-17(23)11-20-18(24)13-5-4-6-15(10-13)22(2)3/h4-10H,11H2,1-3H3,(H,20,24)(H,21,23). The maximum atomic E-state index is 12.2. The zero-order valence-corrected chi connectivity index (χ0v) is 15.5. The molecule has 0 aliphatic carbocycles. The van der Waals surface area contributed by atoms with Crippen LogP contribution in [-0.4, -0.2) is 32.5 Å². The molecule has 0 fully saturated rings. The number of anilines is 2. The SMILES string of the molecule is Cc1cc(Br)ccc1NC(=O)CNC(=O)c1cccc(N(C)C)c1. The first-order valence-corrected chi connectivity index (χ1v) is 8.27. The Kier molecular flexibility index (Phi) is 5.98. The summed E-state index contributed by atoms with van der Waals surface area (Å²) in [6.45, 7) is 1.83. The zero-order chi connectivity index (χ0) is 17.7. The highest BCUT2D eigenvalue weighted by Gasteiger charge is 2.10. The van der Waals surface area contributed by atoms with Gasteiger partial charge < -0.3 is 15.5 Å². The molecule has 126 valence electrons. The van der Waals surface area contributed by atoms with E-state index in [0.717, 1.165) is 21.4 Å².